The lowest BCUT2D eigenvalue weighted by Crippen LogP contribution is -2.64. The fraction of sp³-hybridized carbons (Fsp3) is 0.741. The van der Waals surface area contributed by atoms with Crippen molar-refractivity contribution in [3.63, 3.8) is 0 Å². The van der Waals surface area contributed by atoms with E-state index in [1.807, 2.05) is 0 Å². The van der Waals surface area contributed by atoms with Crippen LogP contribution >= 0.6 is 11.8 Å². The van der Waals surface area contributed by atoms with E-state index in [9.17, 15) is 33.6 Å². The van der Waals surface area contributed by atoms with Crippen molar-refractivity contribution >= 4 is 53.5 Å². The summed E-state index contributed by atoms with van der Waals surface area (Å²) in [5.41, 5.74) is -1.32. The highest BCUT2D eigenvalue weighted by atomic mass is 32.2. The van der Waals surface area contributed by atoms with Crippen LogP contribution in [0.15, 0.2) is 0 Å². The molecule has 45 heavy (non-hydrogen) atoms. The lowest BCUT2D eigenvalue weighted by Gasteiger charge is -2.48. The molecule has 2 saturated heterocycles. The van der Waals surface area contributed by atoms with Crippen LogP contribution in [-0.4, -0.2) is 122 Å². The average molecular weight is 667 g/mol. The Balaban J connectivity index is 2.64. The van der Waals surface area contributed by atoms with Gasteiger partial charge in [0.05, 0.1) is 5.25 Å². The van der Waals surface area contributed by atoms with Gasteiger partial charge in [0.15, 0.2) is 36.8 Å². The molecule has 0 saturated carbocycles. The van der Waals surface area contributed by atoms with E-state index in [4.69, 9.17) is 47.4 Å². The van der Waals surface area contributed by atoms with Crippen molar-refractivity contribution in [2.24, 2.45) is 0 Å². The number of esters is 7. The van der Waals surface area contributed by atoms with Gasteiger partial charge in [0.25, 0.3) is 0 Å². The largest absolute Gasteiger partial charge is 0.463 e. The summed E-state index contributed by atoms with van der Waals surface area (Å²) in [6.45, 7) is 6.88. The van der Waals surface area contributed by atoms with E-state index in [1.54, 1.807) is 0 Å². The topological polar surface area (TPSA) is 212 Å². The predicted octanol–water partition coefficient (Wildman–Crippen LogP) is -0.0309. The van der Waals surface area contributed by atoms with E-state index >= 15 is 0 Å². The summed E-state index contributed by atoms with van der Waals surface area (Å²) in [6.07, 6.45) is -10.7. The molecule has 2 aliphatic heterocycles. The van der Waals surface area contributed by atoms with Gasteiger partial charge in [-0.2, -0.15) is 0 Å². The average Bonchev–Trinajstić information content (AvgIpc) is 2.90. The van der Waals surface area contributed by atoms with Crippen molar-refractivity contribution in [2.45, 2.75) is 108 Å². The molecule has 0 aromatic heterocycles. The van der Waals surface area contributed by atoms with Crippen molar-refractivity contribution in [1.29, 1.82) is 0 Å². The van der Waals surface area contributed by atoms with Crippen LogP contribution in [0.4, 0.5) is 0 Å². The first kappa shape index (κ1) is 37.7. The minimum Gasteiger partial charge on any atom is -0.463 e. The Labute approximate surface area is 263 Å². The third-order valence-electron chi connectivity index (χ3n) is 6.12. The first-order valence-electron chi connectivity index (χ1n) is 13.7. The van der Waals surface area contributed by atoms with Gasteiger partial charge in [-0.1, -0.05) is 0 Å². The van der Waals surface area contributed by atoms with Crippen molar-refractivity contribution in [2.75, 3.05) is 20.3 Å². The third-order valence-corrected chi connectivity index (χ3v) is 7.57. The highest BCUT2D eigenvalue weighted by Gasteiger charge is 2.57. The molecule has 0 spiro atoms. The maximum absolute atomic E-state index is 12.3. The zero-order valence-corrected chi connectivity index (χ0v) is 26.9. The van der Waals surface area contributed by atoms with Crippen LogP contribution in [-0.2, 0) is 80.9 Å². The minimum absolute atomic E-state index is 0.401. The first-order chi connectivity index (χ1) is 21.0. The molecule has 0 radical (unpaired) electrons. The van der Waals surface area contributed by atoms with Crippen LogP contribution in [0.1, 0.15) is 48.5 Å². The molecule has 0 aromatic rings. The highest BCUT2D eigenvalue weighted by molar-refractivity contribution is 8.00. The van der Waals surface area contributed by atoms with Gasteiger partial charge < -0.3 is 47.4 Å². The van der Waals surface area contributed by atoms with E-state index in [0.29, 0.717) is 0 Å². The molecule has 0 bridgehead atoms. The number of hydrogen-bond donors (Lipinski definition) is 0. The molecular formula is C27H38O17S. The quantitative estimate of drug-likeness (QED) is 0.198. The van der Waals surface area contributed by atoms with E-state index in [0.717, 1.165) is 60.2 Å². The van der Waals surface area contributed by atoms with Gasteiger partial charge in [-0.15, -0.1) is 11.8 Å². The Morgan fingerprint density at radius 1 is 0.511 bits per heavy atom. The van der Waals surface area contributed by atoms with E-state index in [1.165, 1.54) is 7.11 Å². The number of hydrogen-bond acceptors (Lipinski definition) is 18. The molecule has 18 heteroatoms. The maximum atomic E-state index is 12.3. The summed E-state index contributed by atoms with van der Waals surface area (Å²) in [5.74, 6) is -5.39. The molecule has 0 N–H and O–H groups in total. The standard InChI is InChI=1S/C27H38O17S/c1-11(28)36-9-18-21(39-14(4)31)23(41-16(6)33)25(26(35-8)43-18)45-27-24(42-17(7)34)22(40-15(5)32)20(38-13(3)30)19(44-27)10-37-12(2)29/h18-27H,9-10H2,1-8H3/t18-,19-,20-,21-,22+,23+,24-,25-,26+,27-/m1/s1. The summed E-state index contributed by atoms with van der Waals surface area (Å²) < 4.78 is 55.3. The molecular weight excluding hydrogens is 628 g/mol. The number of ether oxygens (including phenoxy) is 10. The molecule has 10 atom stereocenters. The molecule has 254 valence electrons. The monoisotopic (exact) mass is 666 g/mol. The van der Waals surface area contributed by atoms with Crippen molar-refractivity contribution in [3.05, 3.63) is 0 Å². The van der Waals surface area contributed by atoms with Crippen LogP contribution in [0.2, 0.25) is 0 Å². The normalized spacial score (nSPS) is 31.0. The lowest BCUT2D eigenvalue weighted by molar-refractivity contribution is -0.257. The summed E-state index contributed by atoms with van der Waals surface area (Å²) in [6, 6.07) is 0. The lowest BCUT2D eigenvalue weighted by atomic mass is 9.99. The second kappa shape index (κ2) is 17.3. The number of carbonyl (C=O) groups is 7. The van der Waals surface area contributed by atoms with Crippen LogP contribution in [0.25, 0.3) is 0 Å². The smallest absolute Gasteiger partial charge is 0.303 e. The Morgan fingerprint density at radius 2 is 0.889 bits per heavy atom. The maximum Gasteiger partial charge on any atom is 0.303 e. The van der Waals surface area contributed by atoms with Crippen molar-refractivity contribution in [3.8, 4) is 0 Å². The van der Waals surface area contributed by atoms with Crippen LogP contribution < -0.4 is 0 Å². The van der Waals surface area contributed by atoms with Gasteiger partial charge in [0, 0.05) is 55.6 Å². The van der Waals surface area contributed by atoms with E-state index in [-0.39, 0.29) is 0 Å². The van der Waals surface area contributed by atoms with Gasteiger partial charge in [-0.05, 0) is 0 Å². The van der Waals surface area contributed by atoms with Crippen molar-refractivity contribution in [1.82, 2.24) is 0 Å². The van der Waals surface area contributed by atoms with Gasteiger partial charge in [-0.3, -0.25) is 33.6 Å². The fourth-order valence-corrected chi connectivity index (χ4v) is 6.21. The fourth-order valence-electron chi connectivity index (χ4n) is 4.66. The Kier molecular flexibility index (Phi) is 14.5. The Morgan fingerprint density at radius 3 is 1.31 bits per heavy atom. The Bertz CT molecular complexity index is 1110. The third kappa shape index (κ3) is 11.4. The molecule has 17 nitrogen and oxygen atoms in total. The molecule has 2 rings (SSSR count). The zero-order chi connectivity index (χ0) is 34.0. The van der Waals surface area contributed by atoms with Gasteiger partial charge in [0.1, 0.15) is 30.9 Å². The molecule has 0 amide bonds. The van der Waals surface area contributed by atoms with Gasteiger partial charge >= 0.3 is 41.8 Å². The number of methoxy groups -OCH3 is 1. The first-order valence-corrected chi connectivity index (χ1v) is 14.6. The Hall–Kier alpha value is -3.48. The number of rotatable bonds is 12. The molecule has 2 heterocycles. The van der Waals surface area contributed by atoms with Gasteiger partial charge in [0.2, 0.25) is 0 Å². The van der Waals surface area contributed by atoms with E-state index < -0.39 is 115 Å². The second-order valence-corrected chi connectivity index (χ2v) is 11.2. The molecule has 0 unspecified atom stereocenters. The molecule has 2 fully saturated rings. The van der Waals surface area contributed by atoms with Crippen LogP contribution in [0.3, 0.4) is 0 Å². The zero-order valence-electron chi connectivity index (χ0n) is 26.0. The van der Waals surface area contributed by atoms with Gasteiger partial charge in [-0.25, -0.2) is 0 Å². The minimum atomic E-state index is -1.47. The summed E-state index contributed by atoms with van der Waals surface area (Å²) in [4.78, 5) is 84.1. The van der Waals surface area contributed by atoms with E-state index in [2.05, 4.69) is 0 Å². The highest BCUT2D eigenvalue weighted by Crippen LogP contribution is 2.42. The number of thioether (sulfide) groups is 1. The molecule has 0 aromatic carbocycles. The molecule has 2 aliphatic rings. The summed E-state index contributed by atoms with van der Waals surface area (Å²) in [5, 5.41) is -1.11. The predicted molar refractivity (Wildman–Crippen MR) is 147 cm³/mol. The van der Waals surface area contributed by atoms with Crippen LogP contribution in [0.5, 0.6) is 0 Å². The second-order valence-electron chi connectivity index (χ2n) is 9.90. The van der Waals surface area contributed by atoms with Crippen molar-refractivity contribution < 1.29 is 80.9 Å². The van der Waals surface area contributed by atoms with Crippen LogP contribution in [0, 0.1) is 0 Å². The summed E-state index contributed by atoms with van der Waals surface area (Å²) >= 11 is 0.823. The SMILES string of the molecule is CO[C@H]1O[C@H](COC(C)=O)[C@@H](OC(C)=O)[C@H](OC(C)=O)[C@H]1S[C@H]1O[C@H](COC(C)=O)[C@@H](OC(C)=O)[C@H](OC(C)=O)[C@H]1OC(C)=O. The summed E-state index contributed by atoms with van der Waals surface area (Å²) in [7, 11) is 1.27. The number of carbonyl (C=O) groups excluding carboxylic acids is 7. The molecule has 0 aliphatic carbocycles.